The molecule has 0 aromatic heterocycles. The van der Waals surface area contributed by atoms with E-state index < -0.39 is 0 Å². The third-order valence-electron chi connectivity index (χ3n) is 3.91. The fourth-order valence-corrected chi connectivity index (χ4v) is 2.84. The molecule has 0 N–H and O–H groups in total. The van der Waals surface area contributed by atoms with Gasteiger partial charge in [0, 0.05) is 12.0 Å². The quantitative estimate of drug-likeness (QED) is 0.794. The van der Waals surface area contributed by atoms with Crippen molar-refractivity contribution >= 4 is 5.78 Å². The summed E-state index contributed by atoms with van der Waals surface area (Å²) in [5.41, 5.74) is 4.14. The lowest BCUT2D eigenvalue weighted by Crippen LogP contribution is -2.15. The molecule has 1 aliphatic heterocycles. The van der Waals surface area contributed by atoms with E-state index >= 15 is 0 Å². The molecule has 1 aliphatic carbocycles. The number of ketones is 1. The lowest BCUT2D eigenvalue weighted by molar-refractivity contribution is 0.0994. The first kappa shape index (κ1) is 11.5. The first-order chi connectivity index (χ1) is 9.81. The minimum atomic E-state index is 0.249. The van der Waals surface area contributed by atoms with Gasteiger partial charge in [0.15, 0.2) is 17.3 Å². The van der Waals surface area contributed by atoms with Crippen LogP contribution in [0.3, 0.4) is 0 Å². The number of hydrogen-bond acceptors (Lipinski definition) is 3. The molecule has 0 unspecified atom stereocenters. The van der Waals surface area contributed by atoms with Crippen molar-refractivity contribution in [2.75, 3.05) is 13.2 Å². The predicted octanol–water partition coefficient (Wildman–Crippen LogP) is 3.25. The van der Waals surface area contributed by atoms with Gasteiger partial charge in [0.05, 0.1) is 0 Å². The SMILES string of the molecule is O=C1CCc2ccc(-c3ccc4c(c3)OCCO4)cc21. The second-order valence-corrected chi connectivity index (χ2v) is 5.15. The maximum atomic E-state index is 11.8. The molecule has 2 aromatic carbocycles. The molecular weight excluding hydrogens is 252 g/mol. The van der Waals surface area contributed by atoms with E-state index in [2.05, 4.69) is 12.1 Å². The monoisotopic (exact) mass is 266 g/mol. The van der Waals surface area contributed by atoms with E-state index in [1.807, 2.05) is 24.3 Å². The van der Waals surface area contributed by atoms with E-state index in [0.717, 1.165) is 40.2 Å². The fraction of sp³-hybridized carbons (Fsp3) is 0.235. The highest BCUT2D eigenvalue weighted by atomic mass is 16.6. The standard InChI is InChI=1S/C17H14O3/c18-15-5-3-11-1-2-12(9-14(11)15)13-4-6-16-17(10-13)20-8-7-19-16/h1-2,4,6,9-10H,3,5,7-8H2. The molecule has 0 bridgehead atoms. The van der Waals surface area contributed by atoms with Crippen molar-refractivity contribution in [3.05, 3.63) is 47.5 Å². The van der Waals surface area contributed by atoms with Gasteiger partial charge in [-0.2, -0.15) is 0 Å². The minimum Gasteiger partial charge on any atom is -0.486 e. The maximum Gasteiger partial charge on any atom is 0.163 e. The van der Waals surface area contributed by atoms with Crippen molar-refractivity contribution in [2.24, 2.45) is 0 Å². The van der Waals surface area contributed by atoms with Crippen LogP contribution in [0.25, 0.3) is 11.1 Å². The molecule has 0 saturated carbocycles. The van der Waals surface area contributed by atoms with Gasteiger partial charge in [-0.25, -0.2) is 0 Å². The normalized spacial score (nSPS) is 16.1. The molecule has 3 nitrogen and oxygen atoms in total. The van der Waals surface area contributed by atoms with Crippen LogP contribution >= 0.6 is 0 Å². The van der Waals surface area contributed by atoms with E-state index in [9.17, 15) is 4.79 Å². The molecule has 100 valence electrons. The van der Waals surface area contributed by atoms with Crippen LogP contribution in [-0.4, -0.2) is 19.0 Å². The third-order valence-corrected chi connectivity index (χ3v) is 3.91. The highest BCUT2D eigenvalue weighted by Gasteiger charge is 2.20. The van der Waals surface area contributed by atoms with Crippen LogP contribution in [-0.2, 0) is 6.42 Å². The van der Waals surface area contributed by atoms with Crippen LogP contribution < -0.4 is 9.47 Å². The van der Waals surface area contributed by atoms with E-state index in [1.54, 1.807) is 0 Å². The van der Waals surface area contributed by atoms with Crippen LogP contribution in [0.15, 0.2) is 36.4 Å². The summed E-state index contributed by atoms with van der Waals surface area (Å²) in [7, 11) is 0. The van der Waals surface area contributed by atoms with E-state index in [4.69, 9.17) is 9.47 Å². The Kier molecular flexibility index (Phi) is 2.52. The number of aryl methyl sites for hydroxylation is 1. The van der Waals surface area contributed by atoms with Gasteiger partial charge in [-0.3, -0.25) is 4.79 Å². The minimum absolute atomic E-state index is 0.249. The molecule has 2 aliphatic rings. The molecule has 0 amide bonds. The zero-order valence-corrected chi connectivity index (χ0v) is 11.0. The van der Waals surface area contributed by atoms with Crippen molar-refractivity contribution < 1.29 is 14.3 Å². The first-order valence-corrected chi connectivity index (χ1v) is 6.87. The number of hydrogen-bond donors (Lipinski definition) is 0. The van der Waals surface area contributed by atoms with E-state index in [1.165, 1.54) is 0 Å². The van der Waals surface area contributed by atoms with Gasteiger partial charge in [-0.05, 0) is 41.3 Å². The summed E-state index contributed by atoms with van der Waals surface area (Å²) in [6.07, 6.45) is 1.51. The molecular formula is C17H14O3. The Hall–Kier alpha value is -2.29. The van der Waals surface area contributed by atoms with Gasteiger partial charge in [0.25, 0.3) is 0 Å². The maximum absolute atomic E-state index is 11.8. The van der Waals surface area contributed by atoms with Gasteiger partial charge < -0.3 is 9.47 Å². The molecule has 0 fully saturated rings. The lowest BCUT2D eigenvalue weighted by Gasteiger charge is -2.19. The number of Topliss-reactive ketones (excluding diaryl/α,β-unsaturated/α-hetero) is 1. The van der Waals surface area contributed by atoms with Crippen LogP contribution in [0.1, 0.15) is 22.3 Å². The number of benzene rings is 2. The largest absolute Gasteiger partial charge is 0.486 e. The average molecular weight is 266 g/mol. The molecule has 0 atom stereocenters. The molecule has 20 heavy (non-hydrogen) atoms. The Morgan fingerprint density at radius 2 is 1.55 bits per heavy atom. The van der Waals surface area contributed by atoms with Gasteiger partial charge >= 0.3 is 0 Å². The van der Waals surface area contributed by atoms with Crippen molar-refractivity contribution in [3.63, 3.8) is 0 Å². The molecule has 2 aromatic rings. The summed E-state index contributed by atoms with van der Waals surface area (Å²) >= 11 is 0. The zero-order valence-electron chi connectivity index (χ0n) is 11.0. The zero-order chi connectivity index (χ0) is 13.5. The third kappa shape index (κ3) is 1.78. The van der Waals surface area contributed by atoms with Gasteiger partial charge in [-0.1, -0.05) is 18.2 Å². The van der Waals surface area contributed by atoms with Crippen LogP contribution in [0.2, 0.25) is 0 Å². The molecule has 0 saturated heterocycles. The highest BCUT2D eigenvalue weighted by molar-refractivity contribution is 6.01. The molecule has 0 spiro atoms. The fourth-order valence-electron chi connectivity index (χ4n) is 2.84. The molecule has 4 rings (SSSR count). The van der Waals surface area contributed by atoms with E-state index in [-0.39, 0.29) is 5.78 Å². The number of carbonyl (C=O) groups is 1. The smallest absolute Gasteiger partial charge is 0.163 e. The van der Waals surface area contributed by atoms with E-state index in [0.29, 0.717) is 19.6 Å². The summed E-state index contributed by atoms with van der Waals surface area (Å²) in [4.78, 5) is 11.8. The Morgan fingerprint density at radius 3 is 2.45 bits per heavy atom. The predicted molar refractivity (Wildman–Crippen MR) is 75.5 cm³/mol. The Balaban J connectivity index is 1.78. The molecule has 3 heteroatoms. The summed E-state index contributed by atoms with van der Waals surface area (Å²) in [6.45, 7) is 1.18. The van der Waals surface area contributed by atoms with Gasteiger partial charge in [0.2, 0.25) is 0 Å². The second kappa shape index (κ2) is 4.37. The molecule has 1 heterocycles. The van der Waals surface area contributed by atoms with Crippen molar-refractivity contribution in [3.8, 4) is 22.6 Å². The number of fused-ring (bicyclic) bond motifs is 2. The number of carbonyl (C=O) groups excluding carboxylic acids is 1. The van der Waals surface area contributed by atoms with Crippen molar-refractivity contribution in [2.45, 2.75) is 12.8 Å². The average Bonchev–Trinajstić information content (AvgIpc) is 2.88. The summed E-state index contributed by atoms with van der Waals surface area (Å²) in [6, 6.07) is 12.1. The van der Waals surface area contributed by atoms with Gasteiger partial charge in [-0.15, -0.1) is 0 Å². The Bertz CT molecular complexity index is 703. The first-order valence-electron chi connectivity index (χ1n) is 6.87. The van der Waals surface area contributed by atoms with Gasteiger partial charge in [0.1, 0.15) is 13.2 Å². The van der Waals surface area contributed by atoms with Crippen LogP contribution in [0, 0.1) is 0 Å². The second-order valence-electron chi connectivity index (χ2n) is 5.15. The topological polar surface area (TPSA) is 35.5 Å². The summed E-state index contributed by atoms with van der Waals surface area (Å²) < 4.78 is 11.1. The number of ether oxygens (including phenoxy) is 2. The Labute approximate surface area is 117 Å². The van der Waals surface area contributed by atoms with Crippen molar-refractivity contribution in [1.82, 2.24) is 0 Å². The highest BCUT2D eigenvalue weighted by Crippen LogP contribution is 2.35. The number of rotatable bonds is 1. The van der Waals surface area contributed by atoms with Crippen LogP contribution in [0.5, 0.6) is 11.5 Å². The van der Waals surface area contributed by atoms with Crippen molar-refractivity contribution in [1.29, 1.82) is 0 Å². The molecule has 0 radical (unpaired) electrons. The lowest BCUT2D eigenvalue weighted by atomic mass is 10.00. The summed E-state index contributed by atoms with van der Waals surface area (Å²) in [5, 5.41) is 0. The van der Waals surface area contributed by atoms with Crippen LogP contribution in [0.4, 0.5) is 0 Å². The summed E-state index contributed by atoms with van der Waals surface area (Å²) in [5.74, 6) is 1.82. The Morgan fingerprint density at radius 1 is 0.800 bits per heavy atom.